The Hall–Kier alpha value is -2.81. The Bertz CT molecular complexity index is 1100. The quantitative estimate of drug-likeness (QED) is 0.434. The minimum atomic E-state index is -4.52. The van der Waals surface area contributed by atoms with Gasteiger partial charge in [-0.2, -0.15) is 13.2 Å². The molecule has 32 heavy (non-hydrogen) atoms. The summed E-state index contributed by atoms with van der Waals surface area (Å²) < 4.78 is 40.2. The summed E-state index contributed by atoms with van der Waals surface area (Å²) in [5, 5.41) is 3.94. The van der Waals surface area contributed by atoms with Gasteiger partial charge in [0.15, 0.2) is 0 Å². The van der Waals surface area contributed by atoms with Gasteiger partial charge in [-0.25, -0.2) is 0 Å². The molecule has 2 N–H and O–H groups in total. The number of aromatic amines is 1. The normalized spacial score (nSPS) is 12.5. The van der Waals surface area contributed by atoms with Gasteiger partial charge < -0.3 is 15.2 Å². The van der Waals surface area contributed by atoms with Crippen molar-refractivity contribution in [2.75, 3.05) is 11.9 Å². The summed E-state index contributed by atoms with van der Waals surface area (Å²) >= 11 is 3.12. The second-order valence-corrected chi connectivity index (χ2v) is 8.08. The maximum atomic E-state index is 13.4. The third kappa shape index (κ3) is 5.91. The second-order valence-electron chi connectivity index (χ2n) is 7.52. The second kappa shape index (κ2) is 10.2. The number of carbonyl (C=O) groups excluding carboxylic acids is 2. The zero-order valence-corrected chi connectivity index (χ0v) is 19.0. The average molecular weight is 510 g/mol. The summed E-state index contributed by atoms with van der Waals surface area (Å²) in [6.45, 7) is 1.17. The third-order valence-electron chi connectivity index (χ3n) is 5.20. The average Bonchev–Trinajstić information content (AvgIpc) is 3.15. The number of benzene rings is 2. The summed E-state index contributed by atoms with van der Waals surface area (Å²) in [6.07, 6.45) is -2.27. The van der Waals surface area contributed by atoms with E-state index in [-0.39, 0.29) is 35.8 Å². The molecule has 0 saturated carbocycles. The van der Waals surface area contributed by atoms with Crippen LogP contribution in [-0.4, -0.2) is 39.6 Å². The summed E-state index contributed by atoms with van der Waals surface area (Å²) in [5.41, 5.74) is 1.12. The van der Waals surface area contributed by atoms with Crippen LogP contribution in [0.15, 0.2) is 54.7 Å². The lowest BCUT2D eigenvalue weighted by Crippen LogP contribution is -2.46. The maximum absolute atomic E-state index is 13.4. The molecule has 1 unspecified atom stereocenters. The Balaban J connectivity index is 1.86. The van der Waals surface area contributed by atoms with Gasteiger partial charge in [0.05, 0.1) is 16.9 Å². The van der Waals surface area contributed by atoms with Crippen molar-refractivity contribution < 1.29 is 22.8 Å². The summed E-state index contributed by atoms with van der Waals surface area (Å²) in [6, 6.07) is 12.4. The van der Waals surface area contributed by atoms with Crippen LogP contribution in [0.5, 0.6) is 0 Å². The van der Waals surface area contributed by atoms with Crippen LogP contribution in [0, 0.1) is 0 Å². The van der Waals surface area contributed by atoms with Crippen LogP contribution in [-0.2, 0) is 28.7 Å². The Labute approximate surface area is 192 Å². The molecule has 0 saturated heterocycles. The number of halogens is 4. The SMILES string of the molecule is CC(=O)N(Cc1ccccc1C(F)(F)F)CC(Cc1c[nH]c2ccccc12)NC(=O)CBr. The topological polar surface area (TPSA) is 65.2 Å². The number of carbonyl (C=O) groups is 2. The molecule has 3 rings (SSSR count). The Morgan fingerprint density at radius 1 is 1.09 bits per heavy atom. The van der Waals surface area contributed by atoms with Crippen molar-refractivity contribution >= 4 is 38.6 Å². The number of hydrogen-bond donors (Lipinski definition) is 2. The van der Waals surface area contributed by atoms with Crippen LogP contribution in [0.2, 0.25) is 0 Å². The molecule has 0 aliphatic heterocycles. The zero-order valence-electron chi connectivity index (χ0n) is 17.4. The minimum absolute atomic E-state index is 0.00728. The van der Waals surface area contributed by atoms with E-state index < -0.39 is 17.8 Å². The van der Waals surface area contributed by atoms with E-state index >= 15 is 0 Å². The predicted molar refractivity (Wildman–Crippen MR) is 120 cm³/mol. The van der Waals surface area contributed by atoms with Gasteiger partial charge in [0, 0.05) is 37.1 Å². The highest BCUT2D eigenvalue weighted by atomic mass is 79.9. The number of amides is 2. The van der Waals surface area contributed by atoms with E-state index in [4.69, 9.17) is 0 Å². The van der Waals surface area contributed by atoms with Gasteiger partial charge in [0.25, 0.3) is 0 Å². The molecule has 0 aliphatic rings. The fraction of sp³-hybridized carbons (Fsp3) is 0.304. The molecule has 9 heteroatoms. The van der Waals surface area contributed by atoms with Gasteiger partial charge in [-0.15, -0.1) is 0 Å². The molecule has 1 aromatic heterocycles. The largest absolute Gasteiger partial charge is 0.416 e. The van der Waals surface area contributed by atoms with Crippen LogP contribution in [0.4, 0.5) is 13.2 Å². The number of alkyl halides is 4. The Morgan fingerprint density at radius 3 is 2.47 bits per heavy atom. The van der Waals surface area contributed by atoms with Crippen molar-refractivity contribution in [3.05, 3.63) is 71.4 Å². The molecule has 2 aromatic carbocycles. The molecule has 0 bridgehead atoms. The van der Waals surface area contributed by atoms with Gasteiger partial charge in [-0.1, -0.05) is 52.3 Å². The highest BCUT2D eigenvalue weighted by Crippen LogP contribution is 2.32. The van der Waals surface area contributed by atoms with Gasteiger partial charge in [0.2, 0.25) is 11.8 Å². The molecule has 1 atom stereocenters. The number of nitrogens with zero attached hydrogens (tertiary/aromatic N) is 1. The number of aromatic nitrogens is 1. The fourth-order valence-corrected chi connectivity index (χ4v) is 3.87. The molecule has 0 spiro atoms. The Morgan fingerprint density at radius 2 is 1.78 bits per heavy atom. The molecule has 3 aromatic rings. The van der Waals surface area contributed by atoms with Crippen LogP contribution in [0.1, 0.15) is 23.6 Å². The van der Waals surface area contributed by atoms with Crippen molar-refractivity contribution in [2.24, 2.45) is 0 Å². The van der Waals surface area contributed by atoms with Gasteiger partial charge >= 0.3 is 6.18 Å². The van der Waals surface area contributed by atoms with Crippen LogP contribution >= 0.6 is 15.9 Å². The molecule has 5 nitrogen and oxygen atoms in total. The van der Waals surface area contributed by atoms with E-state index in [1.807, 2.05) is 30.5 Å². The molecular weight excluding hydrogens is 487 g/mol. The first-order valence-corrected chi connectivity index (χ1v) is 11.1. The minimum Gasteiger partial charge on any atom is -0.361 e. The number of H-pyrrole nitrogens is 1. The molecule has 1 heterocycles. The number of hydrogen-bond acceptors (Lipinski definition) is 2. The fourth-order valence-electron chi connectivity index (χ4n) is 3.70. The number of nitrogens with one attached hydrogen (secondary N) is 2. The van der Waals surface area contributed by atoms with E-state index in [0.29, 0.717) is 6.42 Å². The number of para-hydroxylation sites is 1. The molecule has 0 fully saturated rings. The molecule has 2 amide bonds. The summed E-state index contributed by atoms with van der Waals surface area (Å²) in [5.74, 6) is -0.645. The van der Waals surface area contributed by atoms with Crippen molar-refractivity contribution in [2.45, 2.75) is 32.1 Å². The van der Waals surface area contributed by atoms with Crippen molar-refractivity contribution in [3.63, 3.8) is 0 Å². The monoisotopic (exact) mass is 509 g/mol. The first kappa shape index (κ1) is 23.8. The van der Waals surface area contributed by atoms with Crippen LogP contribution < -0.4 is 5.32 Å². The highest BCUT2D eigenvalue weighted by Gasteiger charge is 2.33. The molecule has 0 radical (unpaired) electrons. The third-order valence-corrected chi connectivity index (χ3v) is 5.71. The van der Waals surface area contributed by atoms with Crippen LogP contribution in [0.25, 0.3) is 10.9 Å². The van der Waals surface area contributed by atoms with E-state index in [1.165, 1.54) is 30.0 Å². The van der Waals surface area contributed by atoms with Crippen molar-refractivity contribution in [3.8, 4) is 0 Å². The lowest BCUT2D eigenvalue weighted by molar-refractivity contribution is -0.139. The Kier molecular flexibility index (Phi) is 7.60. The van der Waals surface area contributed by atoms with Gasteiger partial charge in [0.1, 0.15) is 0 Å². The summed E-state index contributed by atoms with van der Waals surface area (Å²) in [7, 11) is 0. The van der Waals surface area contributed by atoms with E-state index in [0.717, 1.165) is 22.5 Å². The summed E-state index contributed by atoms with van der Waals surface area (Å²) in [4.78, 5) is 28.9. The maximum Gasteiger partial charge on any atom is 0.416 e. The van der Waals surface area contributed by atoms with Gasteiger partial charge in [-0.3, -0.25) is 9.59 Å². The molecular formula is C23H23BrF3N3O2. The first-order valence-electron chi connectivity index (χ1n) is 10.00. The number of fused-ring (bicyclic) bond motifs is 1. The van der Waals surface area contributed by atoms with Crippen molar-refractivity contribution in [1.82, 2.24) is 15.2 Å². The van der Waals surface area contributed by atoms with Crippen molar-refractivity contribution in [1.29, 1.82) is 0 Å². The van der Waals surface area contributed by atoms with Gasteiger partial charge in [-0.05, 0) is 29.7 Å². The van der Waals surface area contributed by atoms with E-state index in [9.17, 15) is 22.8 Å². The standard InChI is InChI=1S/C23H23BrF3N3O2/c1-15(31)30(13-16-6-2-4-8-20(16)23(25,26)27)14-18(29-22(32)11-24)10-17-12-28-21-9-5-3-7-19(17)21/h2-9,12,18,28H,10-11,13-14H2,1H3,(H,29,32). The highest BCUT2D eigenvalue weighted by molar-refractivity contribution is 9.09. The van der Waals surface area contributed by atoms with Crippen LogP contribution in [0.3, 0.4) is 0 Å². The first-order chi connectivity index (χ1) is 15.2. The van der Waals surface area contributed by atoms with E-state index in [2.05, 4.69) is 26.2 Å². The van der Waals surface area contributed by atoms with E-state index in [1.54, 1.807) is 0 Å². The lowest BCUT2D eigenvalue weighted by Gasteiger charge is -2.28. The lowest BCUT2D eigenvalue weighted by atomic mass is 10.0. The number of rotatable bonds is 8. The smallest absolute Gasteiger partial charge is 0.361 e. The zero-order chi connectivity index (χ0) is 23.3. The molecule has 0 aliphatic carbocycles. The predicted octanol–water partition coefficient (Wildman–Crippen LogP) is 4.66. The molecule has 170 valence electrons.